The number of carbonyl (C=O) groups is 1. The van der Waals surface area contributed by atoms with Gasteiger partial charge in [-0.15, -0.1) is 0 Å². The van der Waals surface area contributed by atoms with Gasteiger partial charge in [-0.1, -0.05) is 43.5 Å². The Morgan fingerprint density at radius 3 is 2.47 bits per heavy atom. The van der Waals surface area contributed by atoms with Crippen LogP contribution in [0, 0.1) is 0 Å². The van der Waals surface area contributed by atoms with E-state index in [9.17, 15) is 4.79 Å². The van der Waals surface area contributed by atoms with Crippen molar-refractivity contribution in [1.29, 1.82) is 0 Å². The Morgan fingerprint density at radius 2 is 1.84 bits per heavy atom. The highest BCUT2D eigenvalue weighted by molar-refractivity contribution is 5.75. The Hall–Kier alpha value is -1.35. The summed E-state index contributed by atoms with van der Waals surface area (Å²) in [4.78, 5) is 10.6. The van der Waals surface area contributed by atoms with Crippen molar-refractivity contribution in [2.75, 3.05) is 13.1 Å². The van der Waals surface area contributed by atoms with Crippen molar-refractivity contribution >= 4 is 5.91 Å². The van der Waals surface area contributed by atoms with E-state index in [0.29, 0.717) is 0 Å². The van der Waals surface area contributed by atoms with Gasteiger partial charge >= 0.3 is 0 Å². The molecule has 2 rings (SSSR count). The van der Waals surface area contributed by atoms with Gasteiger partial charge in [-0.2, -0.15) is 0 Å². The molecule has 19 heavy (non-hydrogen) atoms. The van der Waals surface area contributed by atoms with Crippen LogP contribution in [0.5, 0.6) is 0 Å². The first kappa shape index (κ1) is 14.1. The molecule has 104 valence electrons. The minimum absolute atomic E-state index is 0.264. The van der Waals surface area contributed by atoms with Gasteiger partial charge in [0.1, 0.15) is 0 Å². The molecule has 1 aliphatic carbocycles. The third-order valence-corrected chi connectivity index (χ3v) is 3.95. The van der Waals surface area contributed by atoms with Gasteiger partial charge in [0.05, 0.1) is 6.54 Å². The normalized spacial score (nSPS) is 16.4. The average molecular weight is 260 g/mol. The molecule has 0 spiro atoms. The van der Waals surface area contributed by atoms with Crippen molar-refractivity contribution in [3.63, 3.8) is 0 Å². The Bertz CT molecular complexity index is 394. The lowest BCUT2D eigenvalue weighted by Crippen LogP contribution is -2.29. The third-order valence-electron chi connectivity index (χ3n) is 3.95. The predicted octanol–water partition coefficient (Wildman–Crippen LogP) is 2.35. The monoisotopic (exact) mass is 260 g/mol. The summed E-state index contributed by atoms with van der Waals surface area (Å²) in [6.07, 6.45) is 7.80. The first-order chi connectivity index (χ1) is 9.25. The molecule has 0 unspecified atom stereocenters. The summed E-state index contributed by atoms with van der Waals surface area (Å²) in [7, 11) is 0. The highest BCUT2D eigenvalue weighted by Crippen LogP contribution is 2.32. The summed E-state index contributed by atoms with van der Waals surface area (Å²) in [5.41, 5.74) is 7.88. The van der Waals surface area contributed by atoms with Crippen LogP contribution in [0.2, 0.25) is 0 Å². The van der Waals surface area contributed by atoms with E-state index in [1.54, 1.807) is 0 Å². The smallest absolute Gasteiger partial charge is 0.231 e. The van der Waals surface area contributed by atoms with Crippen LogP contribution in [0.3, 0.4) is 0 Å². The molecule has 1 aromatic carbocycles. The lowest BCUT2D eigenvalue weighted by Gasteiger charge is -2.22. The van der Waals surface area contributed by atoms with Crippen molar-refractivity contribution < 1.29 is 4.79 Å². The fourth-order valence-corrected chi connectivity index (χ4v) is 2.84. The van der Waals surface area contributed by atoms with Crippen molar-refractivity contribution in [2.45, 2.75) is 44.4 Å². The molecule has 3 N–H and O–H groups in total. The number of rotatable bonds is 6. The van der Waals surface area contributed by atoms with Gasteiger partial charge in [0, 0.05) is 0 Å². The topological polar surface area (TPSA) is 55.1 Å². The standard InChI is InChI=1S/C16H24N2O/c17-16(19)12-18-11-10-13-6-8-15(9-7-13)14-4-2-1-3-5-14/h6-9,14,18H,1-5,10-12H2,(H2,17,19). The second-order valence-corrected chi connectivity index (χ2v) is 5.47. The number of hydrogen-bond acceptors (Lipinski definition) is 2. The molecule has 1 saturated carbocycles. The van der Waals surface area contributed by atoms with E-state index >= 15 is 0 Å². The lowest BCUT2D eigenvalue weighted by molar-refractivity contribution is -0.117. The maximum absolute atomic E-state index is 10.6. The molecule has 0 radical (unpaired) electrons. The molecule has 0 atom stereocenters. The van der Waals surface area contributed by atoms with Gasteiger partial charge in [-0.3, -0.25) is 4.79 Å². The average Bonchev–Trinajstić information content (AvgIpc) is 2.45. The number of amides is 1. The maximum Gasteiger partial charge on any atom is 0.231 e. The van der Waals surface area contributed by atoms with Crippen LogP contribution in [0.15, 0.2) is 24.3 Å². The Kier molecular flexibility index (Phi) is 5.40. The largest absolute Gasteiger partial charge is 0.369 e. The molecule has 1 aliphatic rings. The van der Waals surface area contributed by atoms with Crippen molar-refractivity contribution in [3.05, 3.63) is 35.4 Å². The molecular formula is C16H24N2O. The van der Waals surface area contributed by atoms with Gasteiger partial charge in [0.2, 0.25) is 5.91 Å². The van der Waals surface area contributed by atoms with Crippen molar-refractivity contribution in [3.8, 4) is 0 Å². The van der Waals surface area contributed by atoms with E-state index in [-0.39, 0.29) is 12.5 Å². The van der Waals surface area contributed by atoms with Gasteiger partial charge < -0.3 is 11.1 Å². The molecule has 0 aromatic heterocycles. The summed E-state index contributed by atoms with van der Waals surface area (Å²) in [5.74, 6) is 0.475. The minimum Gasteiger partial charge on any atom is -0.369 e. The minimum atomic E-state index is -0.298. The molecule has 0 aliphatic heterocycles. The Balaban J connectivity index is 1.79. The summed E-state index contributed by atoms with van der Waals surface area (Å²) < 4.78 is 0. The Morgan fingerprint density at radius 1 is 1.16 bits per heavy atom. The molecule has 1 fully saturated rings. The van der Waals surface area contributed by atoms with E-state index in [4.69, 9.17) is 5.73 Å². The number of carbonyl (C=O) groups excluding carboxylic acids is 1. The zero-order chi connectivity index (χ0) is 13.5. The van der Waals surface area contributed by atoms with Crippen molar-refractivity contribution in [1.82, 2.24) is 5.32 Å². The van der Waals surface area contributed by atoms with Crippen LogP contribution in [0.25, 0.3) is 0 Å². The summed E-state index contributed by atoms with van der Waals surface area (Å²) in [5, 5.41) is 3.04. The number of primary amides is 1. The number of hydrogen-bond donors (Lipinski definition) is 2. The molecule has 1 aromatic rings. The van der Waals surface area contributed by atoms with E-state index in [2.05, 4.69) is 29.6 Å². The second kappa shape index (κ2) is 7.29. The fraction of sp³-hybridized carbons (Fsp3) is 0.562. The van der Waals surface area contributed by atoms with E-state index in [1.165, 1.54) is 43.2 Å². The van der Waals surface area contributed by atoms with Gasteiger partial charge in [-0.05, 0) is 42.9 Å². The highest BCUT2D eigenvalue weighted by Gasteiger charge is 2.14. The Labute approximate surface area is 115 Å². The van der Waals surface area contributed by atoms with Gasteiger partial charge in [0.15, 0.2) is 0 Å². The molecular weight excluding hydrogens is 236 g/mol. The molecule has 1 amide bonds. The van der Waals surface area contributed by atoms with Crippen LogP contribution in [0.4, 0.5) is 0 Å². The third kappa shape index (κ3) is 4.67. The van der Waals surface area contributed by atoms with Crippen molar-refractivity contribution in [2.24, 2.45) is 5.73 Å². The second-order valence-electron chi connectivity index (χ2n) is 5.47. The predicted molar refractivity (Wildman–Crippen MR) is 78.0 cm³/mol. The van der Waals surface area contributed by atoms with E-state index < -0.39 is 0 Å². The van der Waals surface area contributed by atoms with Crippen LogP contribution >= 0.6 is 0 Å². The quantitative estimate of drug-likeness (QED) is 0.771. The van der Waals surface area contributed by atoms with Crippen LogP contribution in [0.1, 0.15) is 49.1 Å². The van der Waals surface area contributed by atoms with Crippen LogP contribution in [-0.4, -0.2) is 19.0 Å². The molecule has 3 heteroatoms. The first-order valence-electron chi connectivity index (χ1n) is 7.33. The number of nitrogens with two attached hydrogens (primary N) is 1. The summed E-state index contributed by atoms with van der Waals surface area (Å²) >= 11 is 0. The van der Waals surface area contributed by atoms with Gasteiger partial charge in [0.25, 0.3) is 0 Å². The SMILES string of the molecule is NC(=O)CNCCc1ccc(C2CCCCC2)cc1. The highest BCUT2D eigenvalue weighted by atomic mass is 16.1. The molecule has 0 heterocycles. The van der Waals surface area contributed by atoms with Gasteiger partial charge in [-0.25, -0.2) is 0 Å². The van der Waals surface area contributed by atoms with Crippen LogP contribution < -0.4 is 11.1 Å². The fourth-order valence-electron chi connectivity index (χ4n) is 2.84. The van der Waals surface area contributed by atoms with E-state index in [1.807, 2.05) is 0 Å². The maximum atomic E-state index is 10.6. The zero-order valence-corrected chi connectivity index (χ0v) is 11.5. The number of nitrogens with one attached hydrogen (secondary N) is 1. The molecule has 3 nitrogen and oxygen atoms in total. The summed E-state index contributed by atoms with van der Waals surface area (Å²) in [6, 6.07) is 8.99. The van der Waals surface area contributed by atoms with Crippen LogP contribution in [-0.2, 0) is 11.2 Å². The van der Waals surface area contributed by atoms with E-state index in [0.717, 1.165) is 18.9 Å². The molecule has 0 bridgehead atoms. The first-order valence-corrected chi connectivity index (χ1v) is 7.33. The zero-order valence-electron chi connectivity index (χ0n) is 11.5. The summed E-state index contributed by atoms with van der Waals surface area (Å²) in [6.45, 7) is 1.06. The number of benzene rings is 1. The molecule has 0 saturated heterocycles. The lowest BCUT2D eigenvalue weighted by atomic mass is 9.84.